The van der Waals surface area contributed by atoms with Gasteiger partial charge in [0.05, 0.1) is 39.6 Å². The van der Waals surface area contributed by atoms with Gasteiger partial charge in [0.15, 0.2) is 9.84 Å². The van der Waals surface area contributed by atoms with Crippen LogP contribution in [0.4, 0.5) is 23.1 Å². The van der Waals surface area contributed by atoms with E-state index in [1.165, 1.54) is 5.56 Å². The van der Waals surface area contributed by atoms with Crippen molar-refractivity contribution >= 4 is 44.0 Å². The van der Waals surface area contributed by atoms with Gasteiger partial charge >= 0.3 is 0 Å². The van der Waals surface area contributed by atoms with Crippen LogP contribution in [0.5, 0.6) is 5.75 Å². The molecule has 0 bridgehead atoms. The van der Waals surface area contributed by atoms with Crippen molar-refractivity contribution in [1.82, 2.24) is 19.9 Å². The van der Waals surface area contributed by atoms with Gasteiger partial charge in [0.2, 0.25) is 5.95 Å². The second kappa shape index (κ2) is 12.7. The monoisotopic (exact) mass is 592 g/mol. The first-order valence-corrected chi connectivity index (χ1v) is 16.1. The van der Waals surface area contributed by atoms with Crippen molar-refractivity contribution in [2.45, 2.75) is 62.7 Å². The lowest BCUT2D eigenvalue weighted by Crippen LogP contribution is -2.34. The molecule has 1 saturated heterocycles. The van der Waals surface area contributed by atoms with Gasteiger partial charge in [-0.1, -0.05) is 18.2 Å². The Morgan fingerprint density at radius 3 is 2.50 bits per heavy atom. The van der Waals surface area contributed by atoms with E-state index in [0.29, 0.717) is 29.0 Å². The average Bonchev–Trinajstić information content (AvgIpc) is 3.44. The standard InChI is InChI=1S/C31H40N6O4S/c1-20(2)41-27-19-23(22-12-15-37(16-13-22)17-18-38)9-10-25(27)34-31-35-29-24(11-14-32-29)30(36-31)33-26-7-5-6-8-28(26)42(39,40)21(3)4/h5-11,14,19-22,38H,12-13,15-18H2,1-4H3,(H3,32,33,34,35,36). The molecule has 2 aromatic heterocycles. The maximum atomic E-state index is 13.1. The van der Waals surface area contributed by atoms with Crippen LogP contribution in [0.25, 0.3) is 11.0 Å². The number of likely N-dealkylation sites (tertiary alicyclic amines) is 1. The van der Waals surface area contributed by atoms with Crippen molar-refractivity contribution in [3.8, 4) is 5.75 Å². The van der Waals surface area contributed by atoms with Gasteiger partial charge in [-0.05, 0) is 95.4 Å². The summed E-state index contributed by atoms with van der Waals surface area (Å²) < 4.78 is 32.4. The molecule has 42 heavy (non-hydrogen) atoms. The lowest BCUT2D eigenvalue weighted by atomic mass is 9.89. The largest absolute Gasteiger partial charge is 0.489 e. The van der Waals surface area contributed by atoms with Crippen molar-refractivity contribution in [2.75, 3.05) is 36.9 Å². The van der Waals surface area contributed by atoms with Gasteiger partial charge in [-0.2, -0.15) is 9.97 Å². The highest BCUT2D eigenvalue weighted by Crippen LogP contribution is 2.36. The third kappa shape index (κ3) is 6.53. The molecule has 0 aliphatic carbocycles. The van der Waals surface area contributed by atoms with Gasteiger partial charge in [0, 0.05) is 12.7 Å². The summed E-state index contributed by atoms with van der Waals surface area (Å²) in [7, 11) is -3.52. The molecule has 2 aromatic carbocycles. The number of aliphatic hydroxyl groups is 1. The van der Waals surface area contributed by atoms with Crippen LogP contribution < -0.4 is 15.4 Å². The number of nitrogens with one attached hydrogen (secondary N) is 3. The number of H-pyrrole nitrogens is 1. The number of nitrogens with zero attached hydrogens (tertiary/aromatic N) is 3. The fourth-order valence-corrected chi connectivity index (χ4v) is 6.49. The topological polar surface area (TPSA) is 132 Å². The molecule has 1 aliphatic rings. The van der Waals surface area contributed by atoms with E-state index in [4.69, 9.17) is 9.72 Å². The number of fused-ring (bicyclic) bond motifs is 1. The molecule has 0 amide bonds. The van der Waals surface area contributed by atoms with Crippen LogP contribution in [-0.4, -0.2) is 71.0 Å². The molecule has 4 N–H and O–H groups in total. The molecule has 10 nitrogen and oxygen atoms in total. The van der Waals surface area contributed by atoms with Crippen molar-refractivity contribution in [3.63, 3.8) is 0 Å². The first-order chi connectivity index (χ1) is 20.2. The number of piperidine rings is 1. The zero-order valence-corrected chi connectivity index (χ0v) is 25.4. The Labute approximate surface area is 247 Å². The van der Waals surface area contributed by atoms with Crippen molar-refractivity contribution in [1.29, 1.82) is 0 Å². The highest BCUT2D eigenvalue weighted by atomic mass is 32.2. The summed E-state index contributed by atoms with van der Waals surface area (Å²) in [4.78, 5) is 15.1. The molecule has 0 radical (unpaired) electrons. The van der Waals surface area contributed by atoms with Crippen LogP contribution in [-0.2, 0) is 9.84 Å². The number of para-hydroxylation sites is 1. The number of hydrogen-bond donors (Lipinski definition) is 4. The molecule has 0 spiro atoms. The fourth-order valence-electron chi connectivity index (χ4n) is 5.29. The fraction of sp³-hybridized carbons (Fsp3) is 0.419. The predicted octanol–water partition coefficient (Wildman–Crippen LogP) is 5.59. The quantitative estimate of drug-likeness (QED) is 0.176. The van der Waals surface area contributed by atoms with Crippen LogP contribution >= 0.6 is 0 Å². The van der Waals surface area contributed by atoms with E-state index in [2.05, 4.69) is 37.6 Å². The van der Waals surface area contributed by atoms with Crippen LogP contribution in [0.2, 0.25) is 0 Å². The molecule has 0 saturated carbocycles. The number of ether oxygens (including phenoxy) is 1. The number of anilines is 4. The normalized spacial score (nSPS) is 15.0. The van der Waals surface area contributed by atoms with Gasteiger partial charge in [-0.3, -0.25) is 0 Å². The minimum Gasteiger partial charge on any atom is -0.489 e. The molecule has 3 heterocycles. The lowest BCUT2D eigenvalue weighted by Gasteiger charge is -2.32. The Bertz CT molecular complexity index is 1630. The number of aromatic amines is 1. The van der Waals surface area contributed by atoms with Gasteiger partial charge < -0.3 is 30.4 Å². The number of rotatable bonds is 11. The first kappa shape index (κ1) is 29.8. The Kier molecular flexibility index (Phi) is 9.00. The number of β-amino-alcohol motifs (C(OH)–C–C–N with tert-alkyl or cyclic N) is 1. The van der Waals surface area contributed by atoms with E-state index in [9.17, 15) is 13.5 Å². The summed E-state index contributed by atoms with van der Waals surface area (Å²) in [5.41, 5.74) is 3.03. The van der Waals surface area contributed by atoms with Crippen LogP contribution in [0.3, 0.4) is 0 Å². The van der Waals surface area contributed by atoms with Crippen LogP contribution in [0.15, 0.2) is 59.6 Å². The molecule has 4 aromatic rings. The predicted molar refractivity (Wildman–Crippen MR) is 167 cm³/mol. The van der Waals surface area contributed by atoms with Crippen molar-refractivity contribution in [3.05, 3.63) is 60.3 Å². The molecule has 11 heteroatoms. The second-order valence-corrected chi connectivity index (χ2v) is 13.7. The molecule has 5 rings (SSSR count). The highest BCUT2D eigenvalue weighted by Gasteiger charge is 2.24. The summed E-state index contributed by atoms with van der Waals surface area (Å²) in [5, 5.41) is 16.0. The van der Waals surface area contributed by atoms with E-state index in [-0.39, 0.29) is 17.6 Å². The Morgan fingerprint density at radius 1 is 1.02 bits per heavy atom. The van der Waals surface area contributed by atoms with Gasteiger partial charge in [-0.15, -0.1) is 0 Å². The maximum absolute atomic E-state index is 13.1. The van der Waals surface area contributed by atoms with E-state index in [1.807, 2.05) is 26.0 Å². The van der Waals surface area contributed by atoms with Gasteiger partial charge in [0.1, 0.15) is 17.2 Å². The molecular weight excluding hydrogens is 552 g/mol. The summed E-state index contributed by atoms with van der Waals surface area (Å²) >= 11 is 0. The maximum Gasteiger partial charge on any atom is 0.231 e. The number of hydrogen-bond acceptors (Lipinski definition) is 9. The summed E-state index contributed by atoms with van der Waals surface area (Å²) in [6, 6.07) is 15.0. The summed E-state index contributed by atoms with van der Waals surface area (Å²) in [6.07, 6.45) is 3.81. The highest BCUT2D eigenvalue weighted by molar-refractivity contribution is 7.92. The smallest absolute Gasteiger partial charge is 0.231 e. The van der Waals surface area contributed by atoms with Gasteiger partial charge in [0.25, 0.3) is 0 Å². The number of benzene rings is 2. The average molecular weight is 593 g/mol. The van der Waals surface area contributed by atoms with Crippen molar-refractivity contribution < 1.29 is 18.3 Å². The Morgan fingerprint density at radius 2 is 1.79 bits per heavy atom. The third-order valence-corrected chi connectivity index (χ3v) is 9.78. The van der Waals surface area contributed by atoms with E-state index >= 15 is 0 Å². The molecule has 1 fully saturated rings. The minimum atomic E-state index is -3.52. The molecule has 0 atom stereocenters. The van der Waals surface area contributed by atoms with Gasteiger partial charge in [-0.25, -0.2) is 8.42 Å². The number of aromatic nitrogens is 3. The first-order valence-electron chi connectivity index (χ1n) is 14.5. The second-order valence-electron chi connectivity index (χ2n) is 11.2. The summed E-state index contributed by atoms with van der Waals surface area (Å²) in [5.74, 6) is 1.97. The number of sulfone groups is 1. The molecule has 0 unspecified atom stereocenters. The lowest BCUT2D eigenvalue weighted by molar-refractivity contribution is 0.164. The van der Waals surface area contributed by atoms with E-state index in [0.717, 1.165) is 49.3 Å². The SMILES string of the molecule is CC(C)Oc1cc(C2CCN(CCO)CC2)ccc1Nc1nc(Nc2ccccc2S(=O)(=O)C(C)C)c2cc[nH]c2n1. The molecular formula is C31H40N6O4S. The Hall–Kier alpha value is -3.67. The third-order valence-electron chi connectivity index (χ3n) is 7.57. The zero-order valence-electron chi connectivity index (χ0n) is 24.6. The van der Waals surface area contributed by atoms with Crippen molar-refractivity contribution in [2.24, 2.45) is 0 Å². The zero-order chi connectivity index (χ0) is 29.9. The molecule has 1 aliphatic heterocycles. The van der Waals surface area contributed by atoms with Crippen LogP contribution in [0.1, 0.15) is 52.0 Å². The molecule has 224 valence electrons. The minimum absolute atomic E-state index is 0.0318. The van der Waals surface area contributed by atoms with E-state index in [1.54, 1.807) is 44.3 Å². The van der Waals surface area contributed by atoms with Crippen LogP contribution in [0, 0.1) is 0 Å². The Balaban J connectivity index is 1.45. The number of aliphatic hydroxyl groups excluding tert-OH is 1. The van der Waals surface area contributed by atoms with E-state index < -0.39 is 15.1 Å². The summed E-state index contributed by atoms with van der Waals surface area (Å²) in [6.45, 7) is 10.2.